The highest BCUT2D eigenvalue weighted by atomic mass is 19.1. The number of rotatable bonds is 3. The number of benzene rings is 2. The summed E-state index contributed by atoms with van der Waals surface area (Å²) in [6, 6.07) is 7.95. The molecule has 1 fully saturated rings. The average molecular weight is 335 g/mol. The number of phenols is 1. The first-order chi connectivity index (χ1) is 11.5. The first kappa shape index (κ1) is 16.0. The van der Waals surface area contributed by atoms with Crippen LogP contribution in [0.4, 0.5) is 25.8 Å². The van der Waals surface area contributed by atoms with Gasteiger partial charge >= 0.3 is 5.69 Å². The summed E-state index contributed by atoms with van der Waals surface area (Å²) in [6.45, 7) is 2.13. The lowest BCUT2D eigenvalue weighted by atomic mass is 10.2. The van der Waals surface area contributed by atoms with Crippen LogP contribution in [0, 0.1) is 21.7 Å². The zero-order valence-electron chi connectivity index (χ0n) is 12.7. The second kappa shape index (κ2) is 6.31. The largest absolute Gasteiger partial charge is 0.502 e. The second-order valence-electron chi connectivity index (χ2n) is 5.50. The van der Waals surface area contributed by atoms with Gasteiger partial charge < -0.3 is 14.9 Å². The van der Waals surface area contributed by atoms with Crippen molar-refractivity contribution in [3.63, 3.8) is 0 Å². The van der Waals surface area contributed by atoms with Gasteiger partial charge in [0.2, 0.25) is 0 Å². The fourth-order valence-electron chi connectivity index (χ4n) is 2.79. The number of halogens is 2. The Morgan fingerprint density at radius 3 is 2.17 bits per heavy atom. The van der Waals surface area contributed by atoms with Crippen LogP contribution in [0.2, 0.25) is 0 Å². The molecule has 1 heterocycles. The lowest BCUT2D eigenvalue weighted by Crippen LogP contribution is -2.46. The molecular formula is C16H15F2N3O3. The minimum Gasteiger partial charge on any atom is -0.502 e. The number of anilines is 2. The van der Waals surface area contributed by atoms with Crippen molar-refractivity contribution in [3.05, 3.63) is 58.1 Å². The number of hydrogen-bond acceptors (Lipinski definition) is 5. The summed E-state index contributed by atoms with van der Waals surface area (Å²) >= 11 is 0. The number of hydrogen-bond donors (Lipinski definition) is 1. The summed E-state index contributed by atoms with van der Waals surface area (Å²) in [5.74, 6) is -1.60. The van der Waals surface area contributed by atoms with Crippen LogP contribution >= 0.6 is 0 Å². The van der Waals surface area contributed by atoms with Crippen LogP contribution in [0.5, 0.6) is 5.75 Å². The molecule has 0 aliphatic carbocycles. The summed E-state index contributed by atoms with van der Waals surface area (Å²) in [7, 11) is 0. The Labute approximate surface area is 136 Å². The van der Waals surface area contributed by atoms with Gasteiger partial charge in [0.1, 0.15) is 5.82 Å². The van der Waals surface area contributed by atoms with Gasteiger partial charge in [-0.15, -0.1) is 0 Å². The van der Waals surface area contributed by atoms with Crippen LogP contribution < -0.4 is 9.80 Å². The molecule has 6 nitrogen and oxygen atoms in total. The van der Waals surface area contributed by atoms with Gasteiger partial charge in [0.25, 0.3) is 0 Å². The third-order valence-electron chi connectivity index (χ3n) is 4.05. The molecule has 0 aromatic heterocycles. The standard InChI is InChI=1S/C16H15F2N3O3/c17-11-1-3-12(4-2-11)19-5-7-20(8-6-19)14-10-16(22)15(21(23)24)9-13(14)18/h1-4,9-10,22H,5-8H2. The van der Waals surface area contributed by atoms with E-state index in [9.17, 15) is 24.0 Å². The Hall–Kier alpha value is -2.90. The highest BCUT2D eigenvalue weighted by molar-refractivity contribution is 5.60. The monoisotopic (exact) mass is 335 g/mol. The molecule has 0 spiro atoms. The van der Waals surface area contributed by atoms with Crippen molar-refractivity contribution in [2.75, 3.05) is 36.0 Å². The summed E-state index contributed by atoms with van der Waals surface area (Å²) in [5, 5.41) is 20.4. The average Bonchev–Trinajstić information content (AvgIpc) is 2.57. The highest BCUT2D eigenvalue weighted by Crippen LogP contribution is 2.33. The molecule has 0 bridgehead atoms. The quantitative estimate of drug-likeness (QED) is 0.690. The number of phenolic OH excluding ortho intramolecular Hbond substituents is 1. The number of piperazine rings is 1. The minimum absolute atomic E-state index is 0.136. The maximum Gasteiger partial charge on any atom is 0.313 e. The summed E-state index contributed by atoms with van der Waals surface area (Å²) < 4.78 is 27.1. The molecule has 0 radical (unpaired) electrons. The Bertz CT molecular complexity index is 760. The van der Waals surface area contributed by atoms with Crippen molar-refractivity contribution in [2.24, 2.45) is 0 Å². The lowest BCUT2D eigenvalue weighted by molar-refractivity contribution is -0.386. The van der Waals surface area contributed by atoms with E-state index >= 15 is 0 Å². The Morgan fingerprint density at radius 2 is 1.58 bits per heavy atom. The van der Waals surface area contributed by atoms with Gasteiger partial charge in [-0.25, -0.2) is 8.78 Å². The summed E-state index contributed by atoms with van der Waals surface area (Å²) in [5.41, 5.74) is 0.362. The third kappa shape index (κ3) is 3.08. The first-order valence-electron chi connectivity index (χ1n) is 7.38. The van der Waals surface area contributed by atoms with Gasteiger partial charge in [-0.1, -0.05) is 0 Å². The Kier molecular flexibility index (Phi) is 4.20. The third-order valence-corrected chi connectivity index (χ3v) is 4.05. The van der Waals surface area contributed by atoms with Crippen molar-refractivity contribution in [1.29, 1.82) is 0 Å². The Balaban J connectivity index is 1.74. The van der Waals surface area contributed by atoms with Gasteiger partial charge in [-0.2, -0.15) is 0 Å². The molecule has 126 valence electrons. The van der Waals surface area contributed by atoms with Crippen LogP contribution in [-0.2, 0) is 0 Å². The van der Waals surface area contributed by atoms with Crippen LogP contribution in [0.25, 0.3) is 0 Å². The maximum absolute atomic E-state index is 14.1. The van der Waals surface area contributed by atoms with Gasteiger partial charge in [-0.3, -0.25) is 10.1 Å². The van der Waals surface area contributed by atoms with E-state index in [1.807, 2.05) is 4.90 Å². The fraction of sp³-hybridized carbons (Fsp3) is 0.250. The van der Waals surface area contributed by atoms with Gasteiger partial charge in [0.15, 0.2) is 11.6 Å². The SMILES string of the molecule is O=[N+]([O-])c1cc(F)c(N2CCN(c3ccc(F)cc3)CC2)cc1O. The first-order valence-corrected chi connectivity index (χ1v) is 7.38. The van der Waals surface area contributed by atoms with Crippen LogP contribution in [0.1, 0.15) is 0 Å². The Morgan fingerprint density at radius 1 is 1.00 bits per heavy atom. The highest BCUT2D eigenvalue weighted by Gasteiger charge is 2.24. The van der Waals surface area contributed by atoms with E-state index in [1.165, 1.54) is 12.1 Å². The summed E-state index contributed by atoms with van der Waals surface area (Å²) in [6.07, 6.45) is 0. The van der Waals surface area contributed by atoms with Crippen molar-refractivity contribution in [1.82, 2.24) is 0 Å². The molecule has 0 unspecified atom stereocenters. The smallest absolute Gasteiger partial charge is 0.313 e. The normalized spacial score (nSPS) is 14.8. The lowest BCUT2D eigenvalue weighted by Gasteiger charge is -2.37. The van der Waals surface area contributed by atoms with Gasteiger partial charge in [0.05, 0.1) is 16.7 Å². The molecule has 0 saturated carbocycles. The van der Waals surface area contributed by atoms with Crippen LogP contribution in [0.3, 0.4) is 0 Å². The molecule has 1 aliphatic rings. The molecule has 8 heteroatoms. The zero-order valence-corrected chi connectivity index (χ0v) is 12.7. The van der Waals surface area contributed by atoms with E-state index in [-0.39, 0.29) is 11.5 Å². The van der Waals surface area contributed by atoms with Crippen molar-refractivity contribution >= 4 is 17.1 Å². The summed E-state index contributed by atoms with van der Waals surface area (Å²) in [4.78, 5) is 13.7. The van der Waals surface area contributed by atoms with E-state index in [0.717, 1.165) is 17.8 Å². The molecular weight excluding hydrogens is 320 g/mol. The van der Waals surface area contributed by atoms with Crippen LogP contribution in [0.15, 0.2) is 36.4 Å². The van der Waals surface area contributed by atoms with Crippen LogP contribution in [-0.4, -0.2) is 36.2 Å². The number of nitro groups is 1. The topological polar surface area (TPSA) is 69.9 Å². The molecule has 1 saturated heterocycles. The molecule has 1 N–H and O–H groups in total. The molecule has 3 rings (SSSR count). The fourth-order valence-corrected chi connectivity index (χ4v) is 2.79. The predicted molar refractivity (Wildman–Crippen MR) is 85.5 cm³/mol. The number of nitro benzene ring substituents is 1. The van der Waals surface area contributed by atoms with Crippen molar-refractivity contribution in [3.8, 4) is 5.75 Å². The second-order valence-corrected chi connectivity index (χ2v) is 5.50. The molecule has 2 aromatic carbocycles. The van der Waals surface area contributed by atoms with E-state index in [4.69, 9.17) is 0 Å². The molecule has 0 amide bonds. The number of nitrogens with zero attached hydrogens (tertiary/aromatic N) is 3. The number of aromatic hydroxyl groups is 1. The predicted octanol–water partition coefficient (Wildman–Crippen LogP) is 2.91. The van der Waals surface area contributed by atoms with Gasteiger partial charge in [-0.05, 0) is 24.3 Å². The zero-order chi connectivity index (χ0) is 17.3. The van der Waals surface area contributed by atoms with E-state index in [2.05, 4.69) is 0 Å². The van der Waals surface area contributed by atoms with E-state index < -0.39 is 22.2 Å². The molecule has 2 aromatic rings. The van der Waals surface area contributed by atoms with Crippen molar-refractivity contribution in [2.45, 2.75) is 0 Å². The minimum atomic E-state index is -0.825. The van der Waals surface area contributed by atoms with Gasteiger partial charge in [0, 0.05) is 37.9 Å². The van der Waals surface area contributed by atoms with Crippen molar-refractivity contribution < 1.29 is 18.8 Å². The van der Waals surface area contributed by atoms with E-state index in [0.29, 0.717) is 26.2 Å². The van der Waals surface area contributed by atoms with E-state index in [1.54, 1.807) is 17.0 Å². The molecule has 24 heavy (non-hydrogen) atoms. The maximum atomic E-state index is 14.1. The molecule has 1 aliphatic heterocycles. The molecule has 0 atom stereocenters.